The van der Waals surface area contributed by atoms with Crippen LogP contribution in [0.3, 0.4) is 0 Å². The Kier molecular flexibility index (Phi) is 2.74. The van der Waals surface area contributed by atoms with Crippen LogP contribution in [0.15, 0.2) is 48.9 Å². The van der Waals surface area contributed by atoms with E-state index in [1.807, 2.05) is 41.1 Å². The fraction of sp³-hybridized carbons (Fsp3) is 0. The highest BCUT2D eigenvalue weighted by atomic mass is 16.1. The van der Waals surface area contributed by atoms with Gasteiger partial charge in [-0.05, 0) is 12.1 Å². The van der Waals surface area contributed by atoms with Crippen molar-refractivity contribution in [3.8, 4) is 11.1 Å². The molecule has 0 aliphatic heterocycles. The van der Waals surface area contributed by atoms with Gasteiger partial charge in [0.15, 0.2) is 5.69 Å². The molecule has 0 atom stereocenters. The largest absolute Gasteiger partial charge is 0.396 e. The molecule has 0 bridgehead atoms. The van der Waals surface area contributed by atoms with E-state index in [2.05, 4.69) is 15.2 Å². The number of nitrogens with two attached hydrogens (primary N) is 2. The standard InChI is InChI=1S/C16H12N6O/c17-13-11-3-1-2-10(14(11)20-21-15(13)16(18)23)9-4-5-12-19-6-7-22(12)8-9/h1-8H,(H2,17,20)(H2,18,23). The molecule has 4 rings (SSSR count). The van der Waals surface area contributed by atoms with Gasteiger partial charge >= 0.3 is 0 Å². The van der Waals surface area contributed by atoms with Crippen LogP contribution in [0.2, 0.25) is 0 Å². The van der Waals surface area contributed by atoms with Crippen LogP contribution in [0, 0.1) is 0 Å². The molecular weight excluding hydrogens is 292 g/mol. The quantitative estimate of drug-likeness (QED) is 0.584. The lowest BCUT2D eigenvalue weighted by atomic mass is 10.0. The van der Waals surface area contributed by atoms with Crippen LogP contribution in [0.25, 0.3) is 27.7 Å². The summed E-state index contributed by atoms with van der Waals surface area (Å²) >= 11 is 0. The zero-order valence-electron chi connectivity index (χ0n) is 12.0. The number of anilines is 1. The number of primary amides is 1. The van der Waals surface area contributed by atoms with Crippen molar-refractivity contribution in [3.63, 3.8) is 0 Å². The van der Waals surface area contributed by atoms with Gasteiger partial charge in [0.05, 0.1) is 5.69 Å². The number of fused-ring (bicyclic) bond motifs is 2. The number of pyridine rings is 1. The van der Waals surface area contributed by atoms with Crippen molar-refractivity contribution >= 4 is 28.1 Å². The molecule has 1 aromatic carbocycles. The average Bonchev–Trinajstić information content (AvgIpc) is 3.02. The summed E-state index contributed by atoms with van der Waals surface area (Å²) in [4.78, 5) is 15.6. The van der Waals surface area contributed by atoms with Crippen molar-refractivity contribution in [1.29, 1.82) is 0 Å². The van der Waals surface area contributed by atoms with Crippen LogP contribution in [0.5, 0.6) is 0 Å². The highest BCUT2D eigenvalue weighted by molar-refractivity contribution is 6.07. The molecule has 112 valence electrons. The third-order valence-corrected chi connectivity index (χ3v) is 3.76. The summed E-state index contributed by atoms with van der Waals surface area (Å²) in [7, 11) is 0. The Balaban J connectivity index is 2.00. The van der Waals surface area contributed by atoms with Gasteiger partial charge in [0, 0.05) is 35.1 Å². The van der Waals surface area contributed by atoms with Gasteiger partial charge in [0.1, 0.15) is 11.2 Å². The van der Waals surface area contributed by atoms with Crippen molar-refractivity contribution in [3.05, 3.63) is 54.6 Å². The van der Waals surface area contributed by atoms with Gasteiger partial charge in [0.25, 0.3) is 5.91 Å². The zero-order chi connectivity index (χ0) is 16.0. The lowest BCUT2D eigenvalue weighted by Crippen LogP contribution is -2.16. The van der Waals surface area contributed by atoms with E-state index < -0.39 is 5.91 Å². The summed E-state index contributed by atoms with van der Waals surface area (Å²) in [6.07, 6.45) is 5.56. The van der Waals surface area contributed by atoms with E-state index in [9.17, 15) is 4.79 Å². The maximum Gasteiger partial charge on any atom is 0.271 e. The minimum absolute atomic E-state index is 0.0142. The highest BCUT2D eigenvalue weighted by Crippen LogP contribution is 2.30. The van der Waals surface area contributed by atoms with Crippen molar-refractivity contribution in [2.45, 2.75) is 0 Å². The van der Waals surface area contributed by atoms with Crippen LogP contribution in [-0.2, 0) is 0 Å². The minimum atomic E-state index is -0.692. The van der Waals surface area contributed by atoms with Crippen molar-refractivity contribution in [1.82, 2.24) is 19.6 Å². The third-order valence-electron chi connectivity index (χ3n) is 3.76. The fourth-order valence-electron chi connectivity index (χ4n) is 2.64. The smallest absolute Gasteiger partial charge is 0.271 e. The monoisotopic (exact) mass is 304 g/mol. The summed E-state index contributed by atoms with van der Waals surface area (Å²) in [5.41, 5.74) is 14.8. The van der Waals surface area contributed by atoms with Crippen LogP contribution in [0.4, 0.5) is 5.69 Å². The molecule has 0 saturated heterocycles. The predicted octanol–water partition coefficient (Wildman–Crippen LogP) is 1.63. The first kappa shape index (κ1) is 13.2. The maximum absolute atomic E-state index is 11.4. The number of amides is 1. The molecule has 7 heteroatoms. The topological polar surface area (TPSA) is 112 Å². The Morgan fingerprint density at radius 1 is 1.13 bits per heavy atom. The molecule has 0 fully saturated rings. The minimum Gasteiger partial charge on any atom is -0.396 e. The second-order valence-corrected chi connectivity index (χ2v) is 5.14. The maximum atomic E-state index is 11.4. The van der Waals surface area contributed by atoms with E-state index in [0.29, 0.717) is 10.9 Å². The number of benzene rings is 1. The molecule has 4 aromatic rings. The predicted molar refractivity (Wildman–Crippen MR) is 86.7 cm³/mol. The number of rotatable bonds is 2. The number of hydrogen-bond acceptors (Lipinski definition) is 5. The summed E-state index contributed by atoms with van der Waals surface area (Å²) in [5.74, 6) is -0.692. The van der Waals surface area contributed by atoms with E-state index in [0.717, 1.165) is 16.8 Å². The third kappa shape index (κ3) is 1.98. The van der Waals surface area contributed by atoms with E-state index in [4.69, 9.17) is 11.5 Å². The van der Waals surface area contributed by atoms with Crippen LogP contribution in [0.1, 0.15) is 10.5 Å². The summed E-state index contributed by atoms with van der Waals surface area (Å²) in [6, 6.07) is 9.46. The molecule has 3 aromatic heterocycles. The Hall–Kier alpha value is -3.48. The molecular formula is C16H12N6O. The number of imidazole rings is 1. The fourth-order valence-corrected chi connectivity index (χ4v) is 2.64. The van der Waals surface area contributed by atoms with Crippen molar-refractivity contribution in [2.24, 2.45) is 5.73 Å². The lowest BCUT2D eigenvalue weighted by molar-refractivity contribution is 0.0996. The van der Waals surface area contributed by atoms with E-state index >= 15 is 0 Å². The Morgan fingerprint density at radius 2 is 2.00 bits per heavy atom. The second-order valence-electron chi connectivity index (χ2n) is 5.14. The van der Waals surface area contributed by atoms with Gasteiger partial charge in [-0.1, -0.05) is 18.2 Å². The molecule has 0 unspecified atom stereocenters. The van der Waals surface area contributed by atoms with Gasteiger partial charge in [-0.15, -0.1) is 10.2 Å². The van der Waals surface area contributed by atoms with Gasteiger partial charge in [0.2, 0.25) is 0 Å². The molecule has 3 heterocycles. The number of aromatic nitrogens is 4. The molecule has 7 nitrogen and oxygen atoms in total. The van der Waals surface area contributed by atoms with Crippen LogP contribution >= 0.6 is 0 Å². The SMILES string of the molecule is NC(=O)c1nnc2c(-c3ccc4nccn4c3)cccc2c1N. The zero-order valence-corrected chi connectivity index (χ0v) is 12.0. The first-order valence-electron chi connectivity index (χ1n) is 6.93. The molecule has 0 radical (unpaired) electrons. The normalized spacial score (nSPS) is 11.1. The number of nitrogens with zero attached hydrogens (tertiary/aromatic N) is 4. The molecule has 0 spiro atoms. The molecule has 0 saturated carbocycles. The summed E-state index contributed by atoms with van der Waals surface area (Å²) < 4.78 is 1.92. The number of carbonyl (C=O) groups is 1. The summed E-state index contributed by atoms with van der Waals surface area (Å²) in [5, 5.41) is 8.68. The Bertz CT molecular complexity index is 1070. The number of carbonyl (C=O) groups excluding carboxylic acids is 1. The van der Waals surface area contributed by atoms with E-state index in [1.165, 1.54) is 0 Å². The van der Waals surface area contributed by atoms with Crippen LogP contribution < -0.4 is 11.5 Å². The molecule has 23 heavy (non-hydrogen) atoms. The molecule has 0 aliphatic carbocycles. The van der Waals surface area contributed by atoms with Gasteiger partial charge in [-0.25, -0.2) is 4.98 Å². The second kappa shape index (κ2) is 4.77. The first-order valence-corrected chi connectivity index (χ1v) is 6.93. The van der Waals surface area contributed by atoms with E-state index in [1.54, 1.807) is 12.3 Å². The Morgan fingerprint density at radius 3 is 2.83 bits per heavy atom. The average molecular weight is 304 g/mol. The Labute approximate surface area is 130 Å². The number of hydrogen-bond donors (Lipinski definition) is 2. The molecule has 1 amide bonds. The number of nitrogen functional groups attached to an aromatic ring is 1. The molecule has 4 N–H and O–H groups in total. The summed E-state index contributed by atoms with van der Waals surface area (Å²) in [6.45, 7) is 0. The van der Waals surface area contributed by atoms with Gasteiger partial charge in [-0.2, -0.15) is 0 Å². The van der Waals surface area contributed by atoms with Gasteiger partial charge < -0.3 is 15.9 Å². The van der Waals surface area contributed by atoms with E-state index in [-0.39, 0.29) is 11.4 Å². The van der Waals surface area contributed by atoms with Crippen molar-refractivity contribution < 1.29 is 4.79 Å². The van der Waals surface area contributed by atoms with Crippen LogP contribution in [-0.4, -0.2) is 25.5 Å². The van der Waals surface area contributed by atoms with Crippen molar-refractivity contribution in [2.75, 3.05) is 5.73 Å². The lowest BCUT2D eigenvalue weighted by Gasteiger charge is -2.09. The molecule has 0 aliphatic rings. The highest BCUT2D eigenvalue weighted by Gasteiger charge is 2.15. The first-order chi connectivity index (χ1) is 11.1. The van der Waals surface area contributed by atoms with Gasteiger partial charge in [-0.3, -0.25) is 4.79 Å².